The highest BCUT2D eigenvalue weighted by Gasteiger charge is 2.08. The van der Waals surface area contributed by atoms with Crippen LogP contribution in [-0.4, -0.2) is 12.5 Å². The van der Waals surface area contributed by atoms with E-state index in [0.717, 1.165) is 6.42 Å². The van der Waals surface area contributed by atoms with E-state index in [1.807, 2.05) is 6.92 Å². The summed E-state index contributed by atoms with van der Waals surface area (Å²) in [5, 5.41) is 3.13. The largest absolute Gasteiger partial charge is 0.399 e. The predicted octanol–water partition coefficient (Wildman–Crippen LogP) is 2.48. The fourth-order valence-corrected chi connectivity index (χ4v) is 1.32. The molecule has 1 aromatic carbocycles. The van der Waals surface area contributed by atoms with Crippen molar-refractivity contribution in [3.8, 4) is 0 Å². The van der Waals surface area contributed by atoms with Gasteiger partial charge in [0.15, 0.2) is 0 Å². The summed E-state index contributed by atoms with van der Waals surface area (Å²) in [6, 6.07) is 4.86. The molecule has 5 heteroatoms. The SMILES string of the molecule is CCCNC(=O)c1ccc(N)cc1Cl.Cl. The average Bonchev–Trinajstić information content (AvgIpc) is 2.14. The van der Waals surface area contributed by atoms with Crippen molar-refractivity contribution in [2.75, 3.05) is 12.3 Å². The zero-order chi connectivity index (χ0) is 10.6. The van der Waals surface area contributed by atoms with Gasteiger partial charge in [0.25, 0.3) is 5.91 Å². The number of nitrogens with one attached hydrogen (secondary N) is 1. The number of hydrogen-bond acceptors (Lipinski definition) is 2. The quantitative estimate of drug-likeness (QED) is 0.808. The first-order valence-corrected chi connectivity index (χ1v) is 4.86. The van der Waals surface area contributed by atoms with E-state index < -0.39 is 0 Å². The van der Waals surface area contributed by atoms with Crippen molar-refractivity contribution in [2.24, 2.45) is 0 Å². The fourth-order valence-electron chi connectivity index (χ4n) is 1.05. The van der Waals surface area contributed by atoms with Crippen molar-refractivity contribution in [3.05, 3.63) is 28.8 Å². The van der Waals surface area contributed by atoms with E-state index in [1.54, 1.807) is 18.2 Å². The van der Waals surface area contributed by atoms with Crippen molar-refractivity contribution in [1.82, 2.24) is 5.32 Å². The molecule has 3 nitrogen and oxygen atoms in total. The maximum atomic E-state index is 11.5. The molecule has 0 bridgehead atoms. The summed E-state index contributed by atoms with van der Waals surface area (Å²) in [6.45, 7) is 2.64. The van der Waals surface area contributed by atoms with Gasteiger partial charge >= 0.3 is 0 Å². The first-order chi connectivity index (χ1) is 6.65. The van der Waals surface area contributed by atoms with Crippen LogP contribution >= 0.6 is 24.0 Å². The number of rotatable bonds is 3. The molecule has 0 aliphatic carbocycles. The van der Waals surface area contributed by atoms with Crippen LogP contribution in [0.3, 0.4) is 0 Å². The van der Waals surface area contributed by atoms with Gasteiger partial charge in [-0.05, 0) is 24.6 Å². The molecule has 0 saturated carbocycles. The van der Waals surface area contributed by atoms with E-state index in [2.05, 4.69) is 5.32 Å². The minimum absolute atomic E-state index is 0. The highest BCUT2D eigenvalue weighted by Crippen LogP contribution is 2.18. The zero-order valence-corrected chi connectivity index (χ0v) is 9.99. The molecule has 0 unspecified atom stereocenters. The van der Waals surface area contributed by atoms with Crippen molar-refractivity contribution in [1.29, 1.82) is 0 Å². The Bertz CT molecular complexity index is 342. The molecule has 0 aliphatic heterocycles. The minimum atomic E-state index is -0.156. The van der Waals surface area contributed by atoms with Gasteiger partial charge in [0.1, 0.15) is 0 Å². The van der Waals surface area contributed by atoms with Gasteiger partial charge in [0.05, 0.1) is 10.6 Å². The maximum Gasteiger partial charge on any atom is 0.252 e. The van der Waals surface area contributed by atoms with Crippen LogP contribution < -0.4 is 11.1 Å². The summed E-state index contributed by atoms with van der Waals surface area (Å²) in [5.41, 5.74) is 6.54. The maximum absolute atomic E-state index is 11.5. The van der Waals surface area contributed by atoms with Crippen molar-refractivity contribution in [3.63, 3.8) is 0 Å². The van der Waals surface area contributed by atoms with Crippen molar-refractivity contribution in [2.45, 2.75) is 13.3 Å². The third kappa shape index (κ3) is 3.98. The average molecular weight is 249 g/mol. The molecule has 0 fully saturated rings. The van der Waals surface area contributed by atoms with Crippen LogP contribution in [0.25, 0.3) is 0 Å². The van der Waals surface area contributed by atoms with Crippen LogP contribution in [0.4, 0.5) is 5.69 Å². The smallest absolute Gasteiger partial charge is 0.252 e. The van der Waals surface area contributed by atoms with Crippen LogP contribution in [0.5, 0.6) is 0 Å². The Morgan fingerprint density at radius 2 is 2.20 bits per heavy atom. The molecular weight excluding hydrogens is 235 g/mol. The number of halogens is 2. The van der Waals surface area contributed by atoms with Gasteiger partial charge in [-0.15, -0.1) is 12.4 Å². The lowest BCUT2D eigenvalue weighted by Gasteiger charge is -2.05. The first kappa shape index (κ1) is 14.1. The lowest BCUT2D eigenvalue weighted by molar-refractivity contribution is 0.0954. The molecule has 0 heterocycles. The van der Waals surface area contributed by atoms with Gasteiger partial charge in [-0.2, -0.15) is 0 Å². The predicted molar refractivity (Wildman–Crippen MR) is 65.7 cm³/mol. The third-order valence-corrected chi connectivity index (χ3v) is 2.09. The summed E-state index contributed by atoms with van der Waals surface area (Å²) < 4.78 is 0. The number of carbonyl (C=O) groups excluding carboxylic acids is 1. The number of carbonyl (C=O) groups is 1. The van der Waals surface area contributed by atoms with Crippen LogP contribution in [-0.2, 0) is 0 Å². The lowest BCUT2D eigenvalue weighted by atomic mass is 10.2. The van der Waals surface area contributed by atoms with Crippen LogP contribution in [0, 0.1) is 0 Å². The molecule has 0 spiro atoms. The van der Waals surface area contributed by atoms with Gasteiger partial charge in [0.2, 0.25) is 0 Å². The number of amides is 1. The van der Waals surface area contributed by atoms with Crippen LogP contribution in [0.2, 0.25) is 5.02 Å². The normalized spacial score (nSPS) is 9.20. The first-order valence-electron chi connectivity index (χ1n) is 4.48. The topological polar surface area (TPSA) is 55.1 Å². The van der Waals surface area contributed by atoms with Gasteiger partial charge in [-0.3, -0.25) is 4.79 Å². The number of nitrogens with two attached hydrogens (primary N) is 1. The molecule has 15 heavy (non-hydrogen) atoms. The molecule has 84 valence electrons. The summed E-state index contributed by atoms with van der Waals surface area (Å²) in [6.07, 6.45) is 0.901. The van der Waals surface area contributed by atoms with E-state index >= 15 is 0 Å². The Labute approximate surface area is 100 Å². The second-order valence-electron chi connectivity index (χ2n) is 3.00. The number of nitrogen functional groups attached to an aromatic ring is 1. The second kappa shape index (κ2) is 6.53. The standard InChI is InChI=1S/C10H13ClN2O.ClH/c1-2-5-13-10(14)8-4-3-7(12)6-9(8)11;/h3-4,6H,2,5,12H2,1H3,(H,13,14);1H. The zero-order valence-electron chi connectivity index (χ0n) is 8.42. The molecule has 0 saturated heterocycles. The molecule has 1 amide bonds. The number of anilines is 1. The highest BCUT2D eigenvalue weighted by molar-refractivity contribution is 6.34. The Balaban J connectivity index is 0.00000196. The monoisotopic (exact) mass is 248 g/mol. The summed E-state index contributed by atoms with van der Waals surface area (Å²) >= 11 is 5.86. The van der Waals surface area contributed by atoms with Crippen molar-refractivity contribution < 1.29 is 4.79 Å². The fraction of sp³-hybridized carbons (Fsp3) is 0.300. The third-order valence-electron chi connectivity index (χ3n) is 1.77. The molecule has 0 radical (unpaired) electrons. The summed E-state index contributed by atoms with van der Waals surface area (Å²) in [7, 11) is 0. The Kier molecular flexibility index (Phi) is 6.13. The van der Waals surface area contributed by atoms with E-state index in [9.17, 15) is 4.79 Å². The Morgan fingerprint density at radius 1 is 1.53 bits per heavy atom. The van der Waals surface area contributed by atoms with Crippen LogP contribution in [0.15, 0.2) is 18.2 Å². The lowest BCUT2D eigenvalue weighted by Crippen LogP contribution is -2.24. The molecular formula is C10H14Cl2N2O. The Morgan fingerprint density at radius 3 is 2.73 bits per heavy atom. The summed E-state index contributed by atoms with van der Waals surface area (Å²) in [4.78, 5) is 11.5. The number of hydrogen-bond donors (Lipinski definition) is 2. The molecule has 0 atom stereocenters. The molecule has 3 N–H and O–H groups in total. The van der Waals surface area contributed by atoms with Crippen LogP contribution in [0.1, 0.15) is 23.7 Å². The van der Waals surface area contributed by atoms with Gasteiger partial charge in [-0.1, -0.05) is 18.5 Å². The van der Waals surface area contributed by atoms with E-state index in [-0.39, 0.29) is 18.3 Å². The van der Waals surface area contributed by atoms with Crippen molar-refractivity contribution >= 4 is 35.6 Å². The van der Waals surface area contributed by atoms with Gasteiger partial charge in [-0.25, -0.2) is 0 Å². The molecule has 1 aromatic rings. The minimum Gasteiger partial charge on any atom is -0.399 e. The number of benzene rings is 1. The molecule has 0 aliphatic rings. The van der Waals surface area contributed by atoms with E-state index in [1.165, 1.54) is 0 Å². The van der Waals surface area contributed by atoms with E-state index in [4.69, 9.17) is 17.3 Å². The second-order valence-corrected chi connectivity index (χ2v) is 3.40. The van der Waals surface area contributed by atoms with Gasteiger partial charge in [0, 0.05) is 12.2 Å². The van der Waals surface area contributed by atoms with E-state index in [0.29, 0.717) is 22.8 Å². The molecule has 0 aromatic heterocycles. The Hall–Kier alpha value is -0.930. The summed E-state index contributed by atoms with van der Waals surface area (Å²) in [5.74, 6) is -0.156. The van der Waals surface area contributed by atoms with Gasteiger partial charge < -0.3 is 11.1 Å². The molecule has 1 rings (SSSR count). The highest BCUT2D eigenvalue weighted by atomic mass is 35.5.